The molecule has 3 aromatic rings. The van der Waals surface area contributed by atoms with E-state index in [1.54, 1.807) is 22.9 Å². The molecule has 1 aromatic heterocycles. The summed E-state index contributed by atoms with van der Waals surface area (Å²) in [5.74, 6) is -0.417. The number of halogens is 4. The number of hydrogen-bond acceptors (Lipinski definition) is 2. The van der Waals surface area contributed by atoms with Gasteiger partial charge in [0.2, 0.25) is 0 Å². The van der Waals surface area contributed by atoms with Gasteiger partial charge in [-0.05, 0) is 36.8 Å². The van der Waals surface area contributed by atoms with Crippen LogP contribution < -0.4 is 0 Å². The quantitative estimate of drug-likeness (QED) is 0.600. The molecule has 0 aliphatic carbocycles. The van der Waals surface area contributed by atoms with E-state index in [4.69, 9.17) is 23.2 Å². The van der Waals surface area contributed by atoms with Gasteiger partial charge in [-0.15, -0.1) is 5.10 Å². The van der Waals surface area contributed by atoms with Crippen LogP contribution in [-0.2, 0) is 0 Å². The molecule has 21 heavy (non-hydrogen) atoms. The first-order valence-electron chi connectivity index (χ1n) is 6.12. The molecule has 0 saturated heterocycles. The van der Waals surface area contributed by atoms with Gasteiger partial charge in [0.25, 0.3) is 0 Å². The van der Waals surface area contributed by atoms with Crippen LogP contribution in [0.15, 0.2) is 34.8 Å². The van der Waals surface area contributed by atoms with Gasteiger partial charge in [0.1, 0.15) is 5.52 Å². The van der Waals surface area contributed by atoms with Crippen LogP contribution in [-0.4, -0.2) is 15.0 Å². The standard InChI is InChI=1S/C14H9BrCl2FN3/c1-7(10-3-2-9(16)6-11(10)17)21-13-5-8(15)4-12(18)14(13)19-20-21/h2-7H,1H3/t7-/m1/s1. The molecule has 0 saturated carbocycles. The largest absolute Gasteiger partial charge is 0.237 e. The van der Waals surface area contributed by atoms with Crippen molar-refractivity contribution < 1.29 is 4.39 Å². The van der Waals surface area contributed by atoms with Crippen molar-refractivity contribution in [1.29, 1.82) is 0 Å². The highest BCUT2D eigenvalue weighted by Crippen LogP contribution is 2.31. The monoisotopic (exact) mass is 387 g/mol. The van der Waals surface area contributed by atoms with Crippen LogP contribution in [0.4, 0.5) is 4.39 Å². The Hall–Kier alpha value is -1.17. The molecular formula is C14H9BrCl2FN3. The van der Waals surface area contributed by atoms with Crippen molar-refractivity contribution in [2.75, 3.05) is 0 Å². The molecule has 1 heterocycles. The van der Waals surface area contributed by atoms with Crippen molar-refractivity contribution in [2.45, 2.75) is 13.0 Å². The highest BCUT2D eigenvalue weighted by atomic mass is 79.9. The number of fused-ring (bicyclic) bond motifs is 1. The molecule has 7 heteroatoms. The highest BCUT2D eigenvalue weighted by molar-refractivity contribution is 9.10. The summed E-state index contributed by atoms with van der Waals surface area (Å²) in [7, 11) is 0. The molecular weight excluding hydrogens is 380 g/mol. The molecule has 0 aliphatic heterocycles. The topological polar surface area (TPSA) is 30.7 Å². The summed E-state index contributed by atoms with van der Waals surface area (Å²) in [5.41, 5.74) is 1.67. The Morgan fingerprint density at radius 3 is 2.71 bits per heavy atom. The Bertz CT molecular complexity index is 834. The van der Waals surface area contributed by atoms with E-state index >= 15 is 0 Å². The minimum Gasteiger partial charge on any atom is -0.237 e. The van der Waals surface area contributed by atoms with E-state index < -0.39 is 5.82 Å². The fourth-order valence-electron chi connectivity index (χ4n) is 2.23. The van der Waals surface area contributed by atoms with E-state index in [-0.39, 0.29) is 11.6 Å². The summed E-state index contributed by atoms with van der Waals surface area (Å²) in [4.78, 5) is 0. The molecule has 0 spiro atoms. The van der Waals surface area contributed by atoms with Gasteiger partial charge in [0.05, 0.1) is 11.6 Å². The summed E-state index contributed by atoms with van der Waals surface area (Å²) in [6.07, 6.45) is 0. The van der Waals surface area contributed by atoms with Crippen molar-refractivity contribution in [2.24, 2.45) is 0 Å². The zero-order valence-electron chi connectivity index (χ0n) is 10.8. The maximum atomic E-state index is 13.9. The van der Waals surface area contributed by atoms with Gasteiger partial charge in [-0.1, -0.05) is 50.4 Å². The molecule has 0 fully saturated rings. The van der Waals surface area contributed by atoms with Crippen LogP contribution in [0.2, 0.25) is 10.0 Å². The molecule has 3 rings (SSSR count). The first-order chi connectivity index (χ1) is 9.97. The fourth-order valence-corrected chi connectivity index (χ4v) is 3.21. The van der Waals surface area contributed by atoms with Crippen molar-refractivity contribution >= 4 is 50.2 Å². The van der Waals surface area contributed by atoms with Crippen molar-refractivity contribution in [1.82, 2.24) is 15.0 Å². The molecule has 0 bridgehead atoms. The third kappa shape index (κ3) is 2.65. The molecule has 0 unspecified atom stereocenters. The number of rotatable bonds is 2. The third-order valence-electron chi connectivity index (χ3n) is 3.28. The summed E-state index contributed by atoms with van der Waals surface area (Å²) < 4.78 is 16.1. The average molecular weight is 389 g/mol. The number of nitrogens with zero attached hydrogens (tertiary/aromatic N) is 3. The van der Waals surface area contributed by atoms with Gasteiger partial charge in [0, 0.05) is 14.5 Å². The van der Waals surface area contributed by atoms with Crippen LogP contribution in [0.3, 0.4) is 0 Å². The first kappa shape index (κ1) is 14.8. The van der Waals surface area contributed by atoms with Gasteiger partial charge in [-0.3, -0.25) is 0 Å². The highest BCUT2D eigenvalue weighted by Gasteiger charge is 2.18. The summed E-state index contributed by atoms with van der Waals surface area (Å²) in [5, 5.41) is 9.05. The molecule has 0 N–H and O–H groups in total. The second-order valence-corrected chi connectivity index (χ2v) is 6.39. The van der Waals surface area contributed by atoms with Crippen LogP contribution in [0.25, 0.3) is 11.0 Å². The smallest absolute Gasteiger partial charge is 0.154 e. The molecule has 108 valence electrons. The lowest BCUT2D eigenvalue weighted by atomic mass is 10.1. The fraction of sp³-hybridized carbons (Fsp3) is 0.143. The summed E-state index contributed by atoms with van der Waals surface area (Å²) >= 11 is 15.4. The second-order valence-electron chi connectivity index (χ2n) is 4.63. The van der Waals surface area contributed by atoms with Gasteiger partial charge in [0.15, 0.2) is 5.82 Å². The van der Waals surface area contributed by atoms with E-state index in [9.17, 15) is 4.39 Å². The van der Waals surface area contributed by atoms with Crippen LogP contribution >= 0.6 is 39.1 Å². The van der Waals surface area contributed by atoms with E-state index in [0.29, 0.717) is 20.0 Å². The van der Waals surface area contributed by atoms with Gasteiger partial charge < -0.3 is 0 Å². The minimum atomic E-state index is -0.417. The average Bonchev–Trinajstić information content (AvgIpc) is 2.82. The molecule has 1 atom stereocenters. The molecule has 0 amide bonds. The Balaban J connectivity index is 2.15. The van der Waals surface area contributed by atoms with Gasteiger partial charge in [-0.2, -0.15) is 0 Å². The zero-order valence-corrected chi connectivity index (χ0v) is 13.9. The normalized spacial score (nSPS) is 12.8. The molecule has 0 aliphatic rings. The maximum Gasteiger partial charge on any atom is 0.154 e. The SMILES string of the molecule is C[C@H](c1ccc(Cl)cc1Cl)n1nnc2c(F)cc(Br)cc21. The second kappa shape index (κ2) is 5.55. The predicted molar refractivity (Wildman–Crippen MR) is 85.5 cm³/mol. The van der Waals surface area contributed by atoms with Crippen molar-refractivity contribution in [3.05, 3.63) is 56.2 Å². The third-order valence-corrected chi connectivity index (χ3v) is 4.30. The molecule has 0 radical (unpaired) electrons. The number of aromatic nitrogens is 3. The first-order valence-corrected chi connectivity index (χ1v) is 7.67. The lowest BCUT2D eigenvalue weighted by Gasteiger charge is -2.15. The van der Waals surface area contributed by atoms with Crippen LogP contribution in [0.5, 0.6) is 0 Å². The number of benzene rings is 2. The van der Waals surface area contributed by atoms with Crippen molar-refractivity contribution in [3.8, 4) is 0 Å². The molecule has 3 nitrogen and oxygen atoms in total. The lowest BCUT2D eigenvalue weighted by molar-refractivity contribution is 0.560. The Labute approximate surface area is 138 Å². The van der Waals surface area contributed by atoms with E-state index in [2.05, 4.69) is 26.2 Å². The zero-order chi connectivity index (χ0) is 15.1. The Kier molecular flexibility index (Phi) is 3.90. The van der Waals surface area contributed by atoms with Crippen molar-refractivity contribution in [3.63, 3.8) is 0 Å². The predicted octanol–water partition coefficient (Wildman–Crippen LogP) is 5.25. The van der Waals surface area contributed by atoms with E-state index in [1.807, 2.05) is 13.0 Å². The van der Waals surface area contributed by atoms with Gasteiger partial charge in [-0.25, -0.2) is 9.07 Å². The Morgan fingerprint density at radius 1 is 1.24 bits per heavy atom. The van der Waals surface area contributed by atoms with Crippen LogP contribution in [0, 0.1) is 5.82 Å². The van der Waals surface area contributed by atoms with Crippen LogP contribution in [0.1, 0.15) is 18.5 Å². The number of hydrogen-bond donors (Lipinski definition) is 0. The lowest BCUT2D eigenvalue weighted by Crippen LogP contribution is -2.09. The van der Waals surface area contributed by atoms with E-state index in [0.717, 1.165) is 5.56 Å². The van der Waals surface area contributed by atoms with Gasteiger partial charge >= 0.3 is 0 Å². The summed E-state index contributed by atoms with van der Waals surface area (Å²) in [6, 6.07) is 8.20. The van der Waals surface area contributed by atoms with E-state index in [1.165, 1.54) is 6.07 Å². The maximum absolute atomic E-state index is 13.9. The molecule has 2 aromatic carbocycles. The minimum absolute atomic E-state index is 0.200. The Morgan fingerprint density at radius 2 is 2.00 bits per heavy atom. The summed E-state index contributed by atoms with van der Waals surface area (Å²) in [6.45, 7) is 1.92.